The highest BCUT2D eigenvalue weighted by Gasteiger charge is 2.15. The molecule has 0 aromatic heterocycles. The summed E-state index contributed by atoms with van der Waals surface area (Å²) in [5.41, 5.74) is 2.86. The van der Waals surface area contributed by atoms with Crippen LogP contribution in [0.1, 0.15) is 37.5 Å². The van der Waals surface area contributed by atoms with Crippen LogP contribution >= 0.6 is 24.0 Å². The molecule has 0 aliphatic heterocycles. The van der Waals surface area contributed by atoms with Crippen LogP contribution in [0.4, 0.5) is 0 Å². The van der Waals surface area contributed by atoms with E-state index in [0.717, 1.165) is 36.4 Å². The van der Waals surface area contributed by atoms with E-state index in [-0.39, 0.29) is 35.8 Å². The van der Waals surface area contributed by atoms with Gasteiger partial charge in [0.05, 0.1) is 19.4 Å². The van der Waals surface area contributed by atoms with Gasteiger partial charge in [-0.05, 0) is 56.0 Å². The molecule has 0 atom stereocenters. The van der Waals surface area contributed by atoms with Crippen LogP contribution in [0.2, 0.25) is 0 Å². The molecule has 0 heterocycles. The van der Waals surface area contributed by atoms with Crippen molar-refractivity contribution in [3.63, 3.8) is 0 Å². The second kappa shape index (κ2) is 14.3. The standard InChI is InChI=1S/C23H34N4O3S.HI/c1-5-24-23(25-15-14-19-10-12-22(30-4)13-11-19)26-16-20-8-6-7-9-21(20)17-31(28,29)27-18(2)3;/h6-13,18,27H,5,14-17H2,1-4H3,(H2,24,25,26);1H. The number of hydrogen-bond acceptors (Lipinski definition) is 4. The molecular formula is C23H35IN4O3S. The normalized spacial score (nSPS) is 11.7. The number of sulfonamides is 1. The van der Waals surface area contributed by atoms with Gasteiger partial charge >= 0.3 is 0 Å². The minimum atomic E-state index is -3.39. The molecule has 0 aliphatic carbocycles. The summed E-state index contributed by atoms with van der Waals surface area (Å²) in [6, 6.07) is 15.4. The number of hydrogen-bond donors (Lipinski definition) is 3. The average Bonchev–Trinajstić information content (AvgIpc) is 2.72. The number of halogens is 1. The van der Waals surface area contributed by atoms with Crippen molar-refractivity contribution in [2.45, 2.75) is 45.5 Å². The number of methoxy groups -OCH3 is 1. The number of ether oxygens (including phenoxy) is 1. The fourth-order valence-electron chi connectivity index (χ4n) is 3.08. The van der Waals surface area contributed by atoms with Gasteiger partial charge in [-0.3, -0.25) is 0 Å². The van der Waals surface area contributed by atoms with Crippen LogP contribution in [0.3, 0.4) is 0 Å². The van der Waals surface area contributed by atoms with E-state index in [0.29, 0.717) is 12.5 Å². The van der Waals surface area contributed by atoms with E-state index in [2.05, 4.69) is 20.3 Å². The van der Waals surface area contributed by atoms with Crippen LogP contribution in [0.15, 0.2) is 53.5 Å². The first-order valence-corrected chi connectivity index (χ1v) is 12.2. The number of aliphatic imine (C=N–C) groups is 1. The maximum absolute atomic E-state index is 12.3. The minimum Gasteiger partial charge on any atom is -0.497 e. The molecule has 0 radical (unpaired) electrons. The fourth-order valence-corrected chi connectivity index (χ4v) is 4.57. The van der Waals surface area contributed by atoms with Crippen LogP contribution in [0, 0.1) is 0 Å². The molecule has 2 aromatic rings. The Kier molecular flexibility index (Phi) is 12.6. The SMILES string of the molecule is CCNC(=NCc1ccccc1CS(=O)(=O)NC(C)C)NCCc1ccc(OC)cc1.I. The summed E-state index contributed by atoms with van der Waals surface area (Å²) >= 11 is 0. The molecule has 0 aliphatic rings. The van der Waals surface area contributed by atoms with Crippen molar-refractivity contribution >= 4 is 40.0 Å². The fraction of sp³-hybridized carbons (Fsp3) is 0.435. The van der Waals surface area contributed by atoms with Crippen molar-refractivity contribution in [3.8, 4) is 5.75 Å². The Morgan fingerprint density at radius 2 is 1.69 bits per heavy atom. The Hall–Kier alpha value is -1.85. The summed E-state index contributed by atoms with van der Waals surface area (Å²) in [5, 5.41) is 6.58. The van der Waals surface area contributed by atoms with Gasteiger partial charge in [0, 0.05) is 19.1 Å². The molecule has 0 unspecified atom stereocenters. The zero-order chi connectivity index (χ0) is 22.7. The van der Waals surface area contributed by atoms with Gasteiger partial charge in [-0.1, -0.05) is 36.4 Å². The first-order chi connectivity index (χ1) is 14.8. The van der Waals surface area contributed by atoms with Gasteiger partial charge in [0.2, 0.25) is 10.0 Å². The molecule has 2 rings (SSSR count). The number of nitrogens with one attached hydrogen (secondary N) is 3. The third-order valence-corrected chi connectivity index (χ3v) is 6.02. The van der Waals surface area contributed by atoms with Crippen LogP contribution in [-0.4, -0.2) is 40.6 Å². The Morgan fingerprint density at radius 3 is 2.28 bits per heavy atom. The minimum absolute atomic E-state index is 0. The molecule has 0 saturated carbocycles. The van der Waals surface area contributed by atoms with Crippen molar-refractivity contribution in [2.75, 3.05) is 20.2 Å². The van der Waals surface area contributed by atoms with Gasteiger partial charge in [-0.15, -0.1) is 24.0 Å². The molecule has 0 saturated heterocycles. The lowest BCUT2D eigenvalue weighted by atomic mass is 10.1. The number of rotatable bonds is 11. The van der Waals surface area contributed by atoms with E-state index in [1.165, 1.54) is 5.56 Å². The van der Waals surface area contributed by atoms with Crippen molar-refractivity contribution in [1.29, 1.82) is 0 Å². The zero-order valence-corrected chi connectivity index (χ0v) is 22.4. The van der Waals surface area contributed by atoms with Crippen LogP contribution in [0.25, 0.3) is 0 Å². The number of nitrogens with zero attached hydrogens (tertiary/aromatic N) is 1. The predicted octanol–water partition coefficient (Wildman–Crippen LogP) is 3.44. The van der Waals surface area contributed by atoms with Crippen LogP contribution < -0.4 is 20.1 Å². The maximum atomic E-state index is 12.3. The Bertz CT molecular complexity index is 948. The summed E-state index contributed by atoms with van der Waals surface area (Å²) in [7, 11) is -1.74. The average molecular weight is 575 g/mol. The lowest BCUT2D eigenvalue weighted by Gasteiger charge is -2.14. The van der Waals surface area contributed by atoms with E-state index >= 15 is 0 Å². The third kappa shape index (κ3) is 10.2. The molecule has 178 valence electrons. The van der Waals surface area contributed by atoms with Gasteiger partial charge < -0.3 is 15.4 Å². The third-order valence-electron chi connectivity index (χ3n) is 4.50. The number of guanidine groups is 1. The number of benzene rings is 2. The molecule has 32 heavy (non-hydrogen) atoms. The smallest absolute Gasteiger partial charge is 0.216 e. The second-order valence-electron chi connectivity index (χ2n) is 7.52. The molecule has 0 bridgehead atoms. The molecule has 7 nitrogen and oxygen atoms in total. The first-order valence-electron chi connectivity index (χ1n) is 10.5. The van der Waals surface area contributed by atoms with Gasteiger partial charge in [0.25, 0.3) is 0 Å². The summed E-state index contributed by atoms with van der Waals surface area (Å²) in [6.07, 6.45) is 0.851. The van der Waals surface area contributed by atoms with Gasteiger partial charge in [-0.25, -0.2) is 18.1 Å². The largest absolute Gasteiger partial charge is 0.497 e. The van der Waals surface area contributed by atoms with Gasteiger partial charge in [0.15, 0.2) is 5.96 Å². The van der Waals surface area contributed by atoms with Crippen LogP contribution in [-0.2, 0) is 28.7 Å². The van der Waals surface area contributed by atoms with Crippen molar-refractivity contribution in [1.82, 2.24) is 15.4 Å². The molecule has 9 heteroatoms. The summed E-state index contributed by atoms with van der Waals surface area (Å²) in [5.74, 6) is 1.49. The van der Waals surface area contributed by atoms with E-state index in [1.54, 1.807) is 7.11 Å². The van der Waals surface area contributed by atoms with E-state index in [9.17, 15) is 8.42 Å². The Labute approximate surface area is 209 Å². The maximum Gasteiger partial charge on any atom is 0.216 e. The van der Waals surface area contributed by atoms with Gasteiger partial charge in [-0.2, -0.15) is 0 Å². The molecule has 2 aromatic carbocycles. The quantitative estimate of drug-likeness (QED) is 0.217. The zero-order valence-electron chi connectivity index (χ0n) is 19.2. The van der Waals surface area contributed by atoms with Crippen molar-refractivity contribution < 1.29 is 13.2 Å². The lowest BCUT2D eigenvalue weighted by Crippen LogP contribution is -2.38. The summed E-state index contributed by atoms with van der Waals surface area (Å²) in [6.45, 7) is 7.50. The molecule has 0 amide bonds. The molecule has 3 N–H and O–H groups in total. The van der Waals surface area contributed by atoms with Crippen LogP contribution in [0.5, 0.6) is 5.75 Å². The van der Waals surface area contributed by atoms with Crippen molar-refractivity contribution in [2.24, 2.45) is 4.99 Å². The van der Waals surface area contributed by atoms with E-state index < -0.39 is 10.0 Å². The summed E-state index contributed by atoms with van der Waals surface area (Å²) in [4.78, 5) is 4.65. The highest BCUT2D eigenvalue weighted by atomic mass is 127. The highest BCUT2D eigenvalue weighted by molar-refractivity contribution is 14.0. The topological polar surface area (TPSA) is 91.8 Å². The molecular weight excluding hydrogens is 539 g/mol. The monoisotopic (exact) mass is 574 g/mol. The predicted molar refractivity (Wildman–Crippen MR) is 142 cm³/mol. The lowest BCUT2D eigenvalue weighted by molar-refractivity contribution is 0.414. The van der Waals surface area contributed by atoms with E-state index in [4.69, 9.17) is 4.74 Å². The second-order valence-corrected chi connectivity index (χ2v) is 9.27. The molecule has 0 spiro atoms. The Morgan fingerprint density at radius 1 is 1.03 bits per heavy atom. The first kappa shape index (κ1) is 28.2. The highest BCUT2D eigenvalue weighted by Crippen LogP contribution is 2.14. The Balaban J connectivity index is 0.00000512. The van der Waals surface area contributed by atoms with Gasteiger partial charge in [0.1, 0.15) is 5.75 Å². The summed E-state index contributed by atoms with van der Waals surface area (Å²) < 4.78 is 32.5. The molecule has 0 fully saturated rings. The van der Waals surface area contributed by atoms with Crippen molar-refractivity contribution in [3.05, 3.63) is 65.2 Å². The van der Waals surface area contributed by atoms with E-state index in [1.807, 2.05) is 69.3 Å².